The van der Waals surface area contributed by atoms with Crippen LogP contribution in [0.3, 0.4) is 0 Å². The Bertz CT molecular complexity index is 1830. The van der Waals surface area contributed by atoms with Crippen molar-refractivity contribution in [2.45, 2.75) is 51.7 Å². The second kappa shape index (κ2) is 15.8. The highest BCUT2D eigenvalue weighted by molar-refractivity contribution is 5.99. The van der Waals surface area contributed by atoms with Crippen molar-refractivity contribution in [3.05, 3.63) is 117 Å². The summed E-state index contributed by atoms with van der Waals surface area (Å²) in [6.45, 7) is 11.7. The molecule has 1 unspecified atom stereocenters. The Morgan fingerprint density at radius 2 is 1.88 bits per heavy atom. The summed E-state index contributed by atoms with van der Waals surface area (Å²) in [5, 5.41) is 33.2. The summed E-state index contributed by atoms with van der Waals surface area (Å²) in [7, 11) is 1.20. The van der Waals surface area contributed by atoms with Crippen molar-refractivity contribution in [1.29, 1.82) is 0 Å². The summed E-state index contributed by atoms with van der Waals surface area (Å²) >= 11 is 0. The average Bonchev–Trinajstić information content (AvgIpc) is 3.13. The number of benzene rings is 2. The van der Waals surface area contributed by atoms with Crippen molar-refractivity contribution in [3.8, 4) is 0 Å². The van der Waals surface area contributed by atoms with E-state index in [9.17, 15) is 29.9 Å². The molecule has 4 aliphatic rings. The number of carbonyl (C=O) groups is 2. The van der Waals surface area contributed by atoms with Gasteiger partial charge in [0.15, 0.2) is 0 Å². The maximum Gasteiger partial charge on any atom is 0.336 e. The van der Waals surface area contributed by atoms with E-state index in [1.54, 1.807) is 31.7 Å². The van der Waals surface area contributed by atoms with Gasteiger partial charge in [0.05, 0.1) is 40.7 Å². The maximum atomic E-state index is 12.6. The summed E-state index contributed by atoms with van der Waals surface area (Å²) < 4.78 is 10.3. The van der Waals surface area contributed by atoms with Crippen molar-refractivity contribution in [1.82, 2.24) is 14.8 Å². The zero-order valence-corrected chi connectivity index (χ0v) is 28.8. The fourth-order valence-corrected chi connectivity index (χ4v) is 7.57. The number of fused-ring (bicyclic) bond motifs is 4. The fraction of sp³-hybridized carbons (Fsp3) is 0.395. The number of piperidine rings is 3. The lowest BCUT2D eigenvalue weighted by atomic mass is 9.73. The molecule has 3 fully saturated rings. The lowest BCUT2D eigenvalue weighted by molar-refractivity contribution is -0.384. The second-order valence-corrected chi connectivity index (χ2v) is 12.7. The van der Waals surface area contributed by atoms with Crippen LogP contribution in [0.2, 0.25) is 0 Å². The number of ether oxygens (including phenoxy) is 2. The Hall–Kier alpha value is -4.91. The number of methoxy groups -OCH3 is 1. The van der Waals surface area contributed by atoms with Crippen molar-refractivity contribution < 1.29 is 34.2 Å². The number of carbonyl (C=O) groups excluding carboxylic acids is 1. The minimum atomic E-state index is -1.23. The SMILES string of the molecule is C=C[C@H]1C[N@]2CC[C@H]1C[C@@H]2[C@@H](O)c1ccnc2ccccc12.CCOCN1C(C)=C(C(=O)O)C(c2cccc([N+](=O)[O-])c2)C(C(=O)OC)=C1C. The van der Waals surface area contributed by atoms with Gasteiger partial charge in [0.2, 0.25) is 0 Å². The van der Waals surface area contributed by atoms with E-state index in [4.69, 9.17) is 9.47 Å². The summed E-state index contributed by atoms with van der Waals surface area (Å²) in [5.74, 6) is -1.68. The zero-order valence-electron chi connectivity index (χ0n) is 28.8. The van der Waals surface area contributed by atoms with Crippen molar-refractivity contribution in [2.24, 2.45) is 11.8 Å². The number of pyridine rings is 1. The predicted molar refractivity (Wildman–Crippen MR) is 188 cm³/mol. The third-order valence-electron chi connectivity index (χ3n) is 10.2. The molecular weight excluding hydrogens is 640 g/mol. The smallest absolute Gasteiger partial charge is 0.336 e. The number of hydrogen-bond acceptors (Lipinski definition) is 10. The van der Waals surface area contributed by atoms with Gasteiger partial charge in [-0.2, -0.15) is 0 Å². The van der Waals surface area contributed by atoms with Gasteiger partial charge in [-0.3, -0.25) is 20.0 Å². The number of esters is 1. The zero-order chi connectivity index (χ0) is 36.1. The van der Waals surface area contributed by atoms with Crippen molar-refractivity contribution >= 4 is 28.5 Å². The van der Waals surface area contributed by atoms with Gasteiger partial charge in [-0.05, 0) is 75.3 Å². The Morgan fingerprint density at radius 3 is 2.52 bits per heavy atom. The molecule has 264 valence electrons. The highest BCUT2D eigenvalue weighted by Gasteiger charge is 2.43. The van der Waals surface area contributed by atoms with E-state index in [0.717, 1.165) is 36.0 Å². The number of aliphatic carboxylic acids is 1. The van der Waals surface area contributed by atoms with E-state index >= 15 is 0 Å². The third kappa shape index (κ3) is 7.18. The molecule has 2 aromatic carbocycles. The number of aliphatic hydroxyl groups excluding tert-OH is 1. The molecule has 0 radical (unpaired) electrons. The molecule has 3 saturated heterocycles. The molecular formula is C38H44N4O8. The van der Waals surface area contributed by atoms with Gasteiger partial charge in [0, 0.05) is 54.3 Å². The molecule has 0 amide bonds. The first-order chi connectivity index (χ1) is 24.0. The van der Waals surface area contributed by atoms with E-state index < -0.39 is 28.9 Å². The van der Waals surface area contributed by atoms with Crippen LogP contribution in [0.15, 0.2) is 96.0 Å². The molecule has 5 heterocycles. The quantitative estimate of drug-likeness (QED) is 0.113. The lowest BCUT2D eigenvalue weighted by Gasteiger charge is -2.50. The normalized spacial score (nSPS) is 23.6. The molecule has 3 aromatic rings. The highest BCUT2D eigenvalue weighted by Crippen LogP contribution is 2.44. The van der Waals surface area contributed by atoms with Crippen LogP contribution < -0.4 is 0 Å². The standard InChI is InChI=1S/C19H22N2O7.C19H22N2O/c1-5-28-10-20-11(2)15(18(22)23)17(16(12(20)3)19(24)27-4)13-7-6-8-14(9-13)21(25)26;1-2-13-12-21-10-8-14(13)11-18(21)19(22)16-7-9-20-17-6-4-3-5-15(16)17/h6-9,17H,5,10H2,1-4H3,(H,22,23);2-7,9,13-14,18-19,22H,1,8,10-12H2/t;13-,14-,18+,19-/m.0/s1. The number of allylic oxidation sites excluding steroid dienone is 2. The van der Waals surface area contributed by atoms with Gasteiger partial charge in [-0.1, -0.05) is 36.4 Å². The summed E-state index contributed by atoms with van der Waals surface area (Å²) in [6.07, 6.45) is 5.76. The van der Waals surface area contributed by atoms with E-state index in [1.807, 2.05) is 30.5 Å². The number of nitro benzene ring substituents is 1. The number of aromatic nitrogens is 1. The molecule has 12 heteroatoms. The van der Waals surface area contributed by atoms with Crippen LogP contribution in [0.1, 0.15) is 56.8 Å². The highest BCUT2D eigenvalue weighted by atomic mass is 16.6. The Morgan fingerprint density at radius 1 is 1.14 bits per heavy atom. The first kappa shape index (κ1) is 36.4. The molecule has 4 aliphatic heterocycles. The van der Waals surface area contributed by atoms with Crippen molar-refractivity contribution in [3.63, 3.8) is 0 Å². The summed E-state index contributed by atoms with van der Waals surface area (Å²) in [4.78, 5) is 43.7. The largest absolute Gasteiger partial charge is 0.478 e. The van der Waals surface area contributed by atoms with E-state index in [-0.39, 0.29) is 29.6 Å². The number of carboxylic acids is 1. The molecule has 12 nitrogen and oxygen atoms in total. The lowest BCUT2D eigenvalue weighted by Crippen LogP contribution is -2.54. The van der Waals surface area contributed by atoms with E-state index in [2.05, 4.69) is 28.6 Å². The van der Waals surface area contributed by atoms with Gasteiger partial charge in [0.1, 0.15) is 6.73 Å². The van der Waals surface area contributed by atoms with Gasteiger partial charge in [0.25, 0.3) is 5.69 Å². The number of aliphatic hydroxyl groups is 1. The number of nitrogens with zero attached hydrogens (tertiary/aromatic N) is 4. The van der Waals surface area contributed by atoms with Gasteiger partial charge >= 0.3 is 11.9 Å². The number of nitro groups is 1. The van der Waals surface area contributed by atoms with Crippen molar-refractivity contribution in [2.75, 3.05) is 33.5 Å². The molecule has 7 rings (SSSR count). The van der Waals surface area contributed by atoms with Crippen LogP contribution in [-0.4, -0.2) is 81.4 Å². The Labute approximate surface area is 291 Å². The molecule has 0 spiro atoms. The Balaban J connectivity index is 0.000000199. The van der Waals surface area contributed by atoms with Gasteiger partial charge in [-0.25, -0.2) is 9.59 Å². The monoisotopic (exact) mass is 684 g/mol. The molecule has 0 saturated carbocycles. The molecule has 2 bridgehead atoms. The molecule has 1 aromatic heterocycles. The molecule has 50 heavy (non-hydrogen) atoms. The topological polar surface area (TPSA) is 156 Å². The summed E-state index contributed by atoms with van der Waals surface area (Å²) in [6, 6.07) is 15.9. The van der Waals surface area contributed by atoms with Crippen LogP contribution in [0.25, 0.3) is 10.9 Å². The van der Waals surface area contributed by atoms with Crippen LogP contribution >= 0.6 is 0 Å². The number of carboxylic acid groups (broad SMARTS) is 1. The van der Waals surface area contributed by atoms with E-state index in [1.165, 1.54) is 31.7 Å². The first-order valence-corrected chi connectivity index (χ1v) is 16.7. The summed E-state index contributed by atoms with van der Waals surface area (Å²) in [5.41, 5.74) is 3.00. The van der Waals surface area contributed by atoms with Gasteiger partial charge in [-0.15, -0.1) is 6.58 Å². The number of hydrogen-bond donors (Lipinski definition) is 2. The number of non-ortho nitro benzene ring substituents is 1. The first-order valence-electron chi connectivity index (χ1n) is 16.7. The minimum Gasteiger partial charge on any atom is -0.478 e. The number of para-hydroxylation sites is 1. The van der Waals surface area contributed by atoms with E-state index in [0.29, 0.717) is 35.4 Å². The molecule has 6 atom stereocenters. The second-order valence-electron chi connectivity index (χ2n) is 12.7. The van der Waals surface area contributed by atoms with Crippen LogP contribution in [0.4, 0.5) is 5.69 Å². The van der Waals surface area contributed by atoms with Crippen LogP contribution in [0.5, 0.6) is 0 Å². The Kier molecular flexibility index (Phi) is 11.5. The molecule has 2 N–H and O–H groups in total. The predicted octanol–water partition coefficient (Wildman–Crippen LogP) is 5.96. The van der Waals surface area contributed by atoms with Crippen LogP contribution in [0, 0.1) is 22.0 Å². The third-order valence-corrected chi connectivity index (χ3v) is 10.2. The fourth-order valence-electron chi connectivity index (χ4n) is 7.57. The number of rotatable bonds is 10. The molecule has 0 aliphatic carbocycles. The maximum absolute atomic E-state index is 12.6. The average molecular weight is 685 g/mol. The van der Waals surface area contributed by atoms with Crippen LogP contribution in [-0.2, 0) is 19.1 Å². The minimum absolute atomic E-state index is 0.0626. The van der Waals surface area contributed by atoms with Gasteiger partial charge < -0.3 is 24.6 Å².